The molecule has 4 nitrogen and oxygen atoms in total. The zero-order valence-corrected chi connectivity index (χ0v) is 8.68. The lowest BCUT2D eigenvalue weighted by molar-refractivity contribution is -0.143. The van der Waals surface area contributed by atoms with Crippen LogP contribution in [0.5, 0.6) is 0 Å². The zero-order valence-electron chi connectivity index (χ0n) is 8.68. The largest absolute Gasteiger partial charge is 0.481 e. The number of hydrogen-bond acceptors (Lipinski definition) is 2. The Morgan fingerprint density at radius 1 is 1.67 bits per heavy atom. The molecule has 3 saturated carbocycles. The van der Waals surface area contributed by atoms with Gasteiger partial charge in [0, 0.05) is 18.7 Å². The highest BCUT2D eigenvalue weighted by Crippen LogP contribution is 2.63. The minimum Gasteiger partial charge on any atom is -0.481 e. The van der Waals surface area contributed by atoms with E-state index in [0.29, 0.717) is 5.92 Å². The van der Waals surface area contributed by atoms with Crippen LogP contribution in [0.4, 0.5) is 0 Å². The van der Waals surface area contributed by atoms with E-state index in [9.17, 15) is 9.90 Å². The van der Waals surface area contributed by atoms with Crippen molar-refractivity contribution in [2.45, 2.75) is 24.7 Å². The molecule has 3 fully saturated rings. The molecule has 4 rings (SSSR count). The van der Waals surface area contributed by atoms with E-state index in [1.165, 1.54) is 0 Å². The van der Waals surface area contributed by atoms with Gasteiger partial charge in [-0.1, -0.05) is 0 Å². The smallest absolute Gasteiger partial charge is 0.307 e. The molecule has 0 aromatic carbocycles. The monoisotopic (exact) mass is 206 g/mol. The summed E-state index contributed by atoms with van der Waals surface area (Å²) < 4.78 is 1.76. The third-order valence-electron chi connectivity index (χ3n) is 4.12. The first-order valence-corrected chi connectivity index (χ1v) is 5.34. The van der Waals surface area contributed by atoms with Gasteiger partial charge in [-0.2, -0.15) is 5.10 Å². The van der Waals surface area contributed by atoms with E-state index in [-0.39, 0.29) is 11.3 Å². The van der Waals surface area contributed by atoms with Crippen molar-refractivity contribution < 1.29 is 9.90 Å². The average Bonchev–Trinajstić information content (AvgIpc) is 2.71. The van der Waals surface area contributed by atoms with Crippen LogP contribution in [0.2, 0.25) is 0 Å². The van der Waals surface area contributed by atoms with Crippen molar-refractivity contribution in [3.8, 4) is 0 Å². The quantitative estimate of drug-likeness (QED) is 0.790. The number of aryl methyl sites for hydroxylation is 1. The number of carboxylic acids is 1. The molecule has 3 aliphatic carbocycles. The summed E-state index contributed by atoms with van der Waals surface area (Å²) in [6.45, 7) is 0. The topological polar surface area (TPSA) is 55.1 Å². The maximum Gasteiger partial charge on any atom is 0.307 e. The number of rotatable bonds is 2. The first-order chi connectivity index (χ1) is 7.12. The van der Waals surface area contributed by atoms with Crippen LogP contribution in [0, 0.1) is 11.8 Å². The maximum atomic E-state index is 11.2. The van der Waals surface area contributed by atoms with Crippen LogP contribution in [0.1, 0.15) is 24.8 Å². The molecule has 4 heteroatoms. The number of aromatic nitrogens is 2. The fourth-order valence-electron chi connectivity index (χ4n) is 3.43. The maximum absolute atomic E-state index is 11.2. The van der Waals surface area contributed by atoms with Crippen LogP contribution in [0.15, 0.2) is 12.4 Å². The predicted molar refractivity (Wildman–Crippen MR) is 53.4 cm³/mol. The van der Waals surface area contributed by atoms with Gasteiger partial charge in [-0.3, -0.25) is 9.48 Å². The Morgan fingerprint density at radius 2 is 2.40 bits per heavy atom. The Hall–Kier alpha value is -1.32. The molecule has 1 unspecified atom stereocenters. The third-order valence-corrected chi connectivity index (χ3v) is 4.12. The van der Waals surface area contributed by atoms with Gasteiger partial charge in [0.1, 0.15) is 0 Å². The van der Waals surface area contributed by atoms with E-state index >= 15 is 0 Å². The van der Waals surface area contributed by atoms with Crippen LogP contribution in [-0.2, 0) is 17.3 Å². The van der Waals surface area contributed by atoms with E-state index in [4.69, 9.17) is 0 Å². The van der Waals surface area contributed by atoms with E-state index < -0.39 is 5.97 Å². The second-order valence-electron chi connectivity index (χ2n) is 4.96. The van der Waals surface area contributed by atoms with Gasteiger partial charge in [0.05, 0.1) is 12.1 Å². The van der Waals surface area contributed by atoms with Crippen LogP contribution >= 0.6 is 0 Å². The SMILES string of the molecule is Cn1cc(C23CC(CC2C(=O)O)C3)cn1. The van der Waals surface area contributed by atoms with Crippen molar-refractivity contribution in [2.75, 3.05) is 0 Å². The fraction of sp³-hybridized carbons (Fsp3) is 0.636. The highest BCUT2D eigenvalue weighted by molar-refractivity contribution is 5.74. The standard InChI is InChI=1S/C11H14N2O2/c1-13-6-8(5-12-13)11-3-7(4-11)2-9(11)10(14)15/h5-7,9H,2-4H2,1H3,(H,14,15). The summed E-state index contributed by atoms with van der Waals surface area (Å²) in [7, 11) is 1.88. The van der Waals surface area contributed by atoms with E-state index in [1.54, 1.807) is 4.68 Å². The molecule has 80 valence electrons. The summed E-state index contributed by atoms with van der Waals surface area (Å²) in [5.41, 5.74) is 1.02. The van der Waals surface area contributed by atoms with Crippen molar-refractivity contribution >= 4 is 5.97 Å². The molecule has 1 atom stereocenters. The summed E-state index contributed by atoms with van der Waals surface area (Å²) in [5.74, 6) is -0.197. The van der Waals surface area contributed by atoms with Gasteiger partial charge in [-0.15, -0.1) is 0 Å². The van der Waals surface area contributed by atoms with Crippen molar-refractivity contribution in [3.63, 3.8) is 0 Å². The summed E-state index contributed by atoms with van der Waals surface area (Å²) >= 11 is 0. The first-order valence-electron chi connectivity index (χ1n) is 5.34. The van der Waals surface area contributed by atoms with Gasteiger partial charge in [-0.05, 0) is 30.7 Å². The summed E-state index contributed by atoms with van der Waals surface area (Å²) in [5, 5.41) is 13.4. The van der Waals surface area contributed by atoms with Crippen LogP contribution < -0.4 is 0 Å². The Balaban J connectivity index is 2.00. The van der Waals surface area contributed by atoms with Crippen molar-refractivity contribution in [2.24, 2.45) is 18.9 Å². The molecule has 1 N–H and O–H groups in total. The normalized spacial score (nSPS) is 37.7. The lowest BCUT2D eigenvalue weighted by Gasteiger charge is -2.39. The van der Waals surface area contributed by atoms with Gasteiger partial charge in [0.25, 0.3) is 0 Å². The summed E-state index contributed by atoms with van der Waals surface area (Å²) in [6, 6.07) is 0. The molecule has 0 saturated heterocycles. The van der Waals surface area contributed by atoms with Gasteiger partial charge in [0.2, 0.25) is 0 Å². The molecule has 1 heterocycles. The van der Waals surface area contributed by atoms with Gasteiger partial charge >= 0.3 is 5.97 Å². The van der Waals surface area contributed by atoms with E-state index in [0.717, 1.165) is 24.8 Å². The van der Waals surface area contributed by atoms with Gasteiger partial charge in [-0.25, -0.2) is 0 Å². The molecule has 1 aromatic heterocycles. The molecule has 15 heavy (non-hydrogen) atoms. The highest BCUT2D eigenvalue weighted by Gasteiger charge is 2.61. The zero-order chi connectivity index (χ0) is 10.6. The fourth-order valence-corrected chi connectivity index (χ4v) is 3.43. The number of hydrogen-bond donors (Lipinski definition) is 1. The first kappa shape index (κ1) is 8.95. The van der Waals surface area contributed by atoms with E-state index in [2.05, 4.69) is 5.10 Å². The molecule has 0 aliphatic heterocycles. The molecule has 0 amide bonds. The Labute approximate surface area is 87.9 Å². The van der Waals surface area contributed by atoms with Crippen molar-refractivity contribution in [3.05, 3.63) is 18.0 Å². The molecule has 1 aromatic rings. The average molecular weight is 206 g/mol. The Bertz CT molecular complexity index is 418. The number of aliphatic carboxylic acids is 1. The van der Waals surface area contributed by atoms with Crippen molar-refractivity contribution in [1.29, 1.82) is 0 Å². The molecular formula is C11H14N2O2. The number of carbonyl (C=O) groups is 1. The highest BCUT2D eigenvalue weighted by atomic mass is 16.4. The molecule has 0 radical (unpaired) electrons. The van der Waals surface area contributed by atoms with Crippen molar-refractivity contribution in [1.82, 2.24) is 9.78 Å². The number of carboxylic acid groups (broad SMARTS) is 1. The van der Waals surface area contributed by atoms with Gasteiger partial charge < -0.3 is 5.11 Å². The number of nitrogens with zero attached hydrogens (tertiary/aromatic N) is 2. The van der Waals surface area contributed by atoms with Crippen LogP contribution in [-0.4, -0.2) is 20.9 Å². The third kappa shape index (κ3) is 1.02. The van der Waals surface area contributed by atoms with E-state index in [1.807, 2.05) is 19.4 Å². The summed E-state index contributed by atoms with van der Waals surface area (Å²) in [4.78, 5) is 11.2. The predicted octanol–water partition coefficient (Wildman–Crippen LogP) is 1.17. The van der Waals surface area contributed by atoms with Crippen LogP contribution in [0.3, 0.4) is 0 Å². The molecule has 2 bridgehead atoms. The lowest BCUT2D eigenvalue weighted by Crippen LogP contribution is -2.39. The molecule has 0 spiro atoms. The summed E-state index contributed by atoms with van der Waals surface area (Å²) in [6.07, 6.45) is 6.73. The Kier molecular flexibility index (Phi) is 1.56. The minimum absolute atomic E-state index is 0.0925. The molecular weight excluding hydrogens is 192 g/mol. The Morgan fingerprint density at radius 3 is 2.93 bits per heavy atom. The lowest BCUT2D eigenvalue weighted by atomic mass is 9.63. The second-order valence-corrected chi connectivity index (χ2v) is 4.96. The minimum atomic E-state index is -0.640. The molecule has 3 aliphatic rings. The van der Waals surface area contributed by atoms with Crippen LogP contribution in [0.25, 0.3) is 0 Å². The number of fused-ring (bicyclic) bond motifs is 1. The second kappa shape index (κ2) is 2.62. The van der Waals surface area contributed by atoms with Gasteiger partial charge in [0.15, 0.2) is 0 Å².